The molecule has 1 N–H and O–H groups in total. The van der Waals surface area contributed by atoms with E-state index in [9.17, 15) is 0 Å². The molecule has 1 saturated carbocycles. The van der Waals surface area contributed by atoms with Crippen molar-refractivity contribution in [3.63, 3.8) is 0 Å². The van der Waals surface area contributed by atoms with Gasteiger partial charge in [-0.15, -0.1) is 0 Å². The first kappa shape index (κ1) is 16.4. The first-order valence-electron chi connectivity index (χ1n) is 8.30. The van der Waals surface area contributed by atoms with Crippen LogP contribution in [-0.2, 0) is 11.2 Å². The average molecular weight is 294 g/mol. The van der Waals surface area contributed by atoms with Gasteiger partial charge in [-0.25, -0.2) is 9.67 Å². The molecule has 120 valence electrons. The molecule has 5 nitrogen and oxygen atoms in total. The van der Waals surface area contributed by atoms with Crippen molar-refractivity contribution < 1.29 is 4.74 Å². The molecule has 1 fully saturated rings. The zero-order chi connectivity index (χ0) is 15.3. The summed E-state index contributed by atoms with van der Waals surface area (Å²) in [5.41, 5.74) is -0.0388. The Bertz CT molecular complexity index is 424. The molecule has 0 bridgehead atoms. The second kappa shape index (κ2) is 7.36. The van der Waals surface area contributed by atoms with Gasteiger partial charge < -0.3 is 10.1 Å². The molecule has 0 aromatic carbocycles. The van der Waals surface area contributed by atoms with Crippen molar-refractivity contribution in [3.05, 3.63) is 12.2 Å². The standard InChI is InChI=1S/C16H30N4O/c1-5-10-17-14(16(21-4)8-6-7-9-16)11-15-18-12-19-20(15)13(2)3/h12-14,17H,5-11H2,1-4H3. The molecule has 0 aliphatic heterocycles. The number of nitrogens with one attached hydrogen (secondary N) is 1. The smallest absolute Gasteiger partial charge is 0.138 e. The molecule has 5 heteroatoms. The lowest BCUT2D eigenvalue weighted by Gasteiger charge is -2.37. The first-order chi connectivity index (χ1) is 10.1. The summed E-state index contributed by atoms with van der Waals surface area (Å²) in [7, 11) is 1.86. The van der Waals surface area contributed by atoms with E-state index in [2.05, 4.69) is 36.2 Å². The Balaban J connectivity index is 2.17. The van der Waals surface area contributed by atoms with Crippen molar-refractivity contribution in [3.8, 4) is 0 Å². The summed E-state index contributed by atoms with van der Waals surface area (Å²) in [5.74, 6) is 1.06. The fraction of sp³-hybridized carbons (Fsp3) is 0.875. The van der Waals surface area contributed by atoms with Crippen molar-refractivity contribution in [2.45, 2.75) is 77.0 Å². The highest BCUT2D eigenvalue weighted by atomic mass is 16.5. The van der Waals surface area contributed by atoms with Crippen LogP contribution in [0.15, 0.2) is 6.33 Å². The van der Waals surface area contributed by atoms with E-state index < -0.39 is 0 Å². The molecule has 2 rings (SSSR count). The first-order valence-corrected chi connectivity index (χ1v) is 8.30. The number of methoxy groups -OCH3 is 1. The van der Waals surface area contributed by atoms with Crippen LogP contribution in [0.5, 0.6) is 0 Å². The fourth-order valence-corrected chi connectivity index (χ4v) is 3.47. The average Bonchev–Trinajstić information content (AvgIpc) is 3.12. The van der Waals surface area contributed by atoms with Gasteiger partial charge in [-0.3, -0.25) is 0 Å². The molecule has 1 atom stereocenters. The molecular formula is C16H30N4O. The topological polar surface area (TPSA) is 52.0 Å². The van der Waals surface area contributed by atoms with Crippen LogP contribution in [0, 0.1) is 0 Å². The fourth-order valence-electron chi connectivity index (χ4n) is 3.47. The van der Waals surface area contributed by atoms with E-state index in [1.807, 2.05) is 11.8 Å². The molecule has 1 aliphatic carbocycles. The molecular weight excluding hydrogens is 264 g/mol. The number of hydrogen-bond acceptors (Lipinski definition) is 4. The van der Waals surface area contributed by atoms with Gasteiger partial charge >= 0.3 is 0 Å². The summed E-state index contributed by atoms with van der Waals surface area (Å²) in [4.78, 5) is 4.48. The zero-order valence-electron chi connectivity index (χ0n) is 13.9. The highest BCUT2D eigenvalue weighted by Gasteiger charge is 2.41. The quantitative estimate of drug-likeness (QED) is 0.801. The van der Waals surface area contributed by atoms with Crippen LogP contribution in [0.25, 0.3) is 0 Å². The number of rotatable bonds is 8. The van der Waals surface area contributed by atoms with E-state index in [0.29, 0.717) is 12.1 Å². The maximum Gasteiger partial charge on any atom is 0.138 e. The Hall–Kier alpha value is -0.940. The molecule has 0 amide bonds. The van der Waals surface area contributed by atoms with Crippen LogP contribution in [-0.4, -0.2) is 40.1 Å². The summed E-state index contributed by atoms with van der Waals surface area (Å²) in [6.45, 7) is 7.52. The summed E-state index contributed by atoms with van der Waals surface area (Å²) >= 11 is 0. The summed E-state index contributed by atoms with van der Waals surface area (Å²) in [6.07, 6.45) is 8.48. The normalized spacial score (nSPS) is 19.3. The van der Waals surface area contributed by atoms with Gasteiger partial charge in [0.2, 0.25) is 0 Å². The SMILES string of the molecule is CCCNC(Cc1ncnn1C(C)C)C1(OC)CCCC1. The third-order valence-electron chi connectivity index (χ3n) is 4.66. The van der Waals surface area contributed by atoms with Crippen LogP contribution < -0.4 is 5.32 Å². The zero-order valence-corrected chi connectivity index (χ0v) is 13.9. The Morgan fingerprint density at radius 3 is 2.67 bits per heavy atom. The van der Waals surface area contributed by atoms with Gasteiger partial charge in [0, 0.05) is 25.6 Å². The van der Waals surface area contributed by atoms with Gasteiger partial charge in [0.1, 0.15) is 12.2 Å². The van der Waals surface area contributed by atoms with Crippen molar-refractivity contribution in [1.29, 1.82) is 0 Å². The van der Waals surface area contributed by atoms with Crippen molar-refractivity contribution in [1.82, 2.24) is 20.1 Å². The second-order valence-electron chi connectivity index (χ2n) is 6.40. The van der Waals surface area contributed by atoms with Crippen LogP contribution in [0.1, 0.15) is 64.7 Å². The van der Waals surface area contributed by atoms with E-state index in [0.717, 1.165) is 38.1 Å². The lowest BCUT2D eigenvalue weighted by Crippen LogP contribution is -2.52. The molecule has 0 radical (unpaired) electrons. The molecule has 0 saturated heterocycles. The third kappa shape index (κ3) is 3.64. The molecule has 1 heterocycles. The minimum Gasteiger partial charge on any atom is -0.377 e. The van der Waals surface area contributed by atoms with Crippen molar-refractivity contribution >= 4 is 0 Å². The molecule has 1 aromatic rings. The summed E-state index contributed by atoms with van der Waals surface area (Å²) in [5, 5.41) is 8.06. The summed E-state index contributed by atoms with van der Waals surface area (Å²) < 4.78 is 8.01. The largest absolute Gasteiger partial charge is 0.377 e. The van der Waals surface area contributed by atoms with E-state index in [4.69, 9.17) is 4.74 Å². The lowest BCUT2D eigenvalue weighted by atomic mass is 9.89. The van der Waals surface area contributed by atoms with Crippen LogP contribution >= 0.6 is 0 Å². The van der Waals surface area contributed by atoms with E-state index in [-0.39, 0.29) is 5.60 Å². The highest BCUT2D eigenvalue weighted by Crippen LogP contribution is 2.36. The minimum atomic E-state index is -0.0388. The molecule has 1 aromatic heterocycles. The van der Waals surface area contributed by atoms with Gasteiger partial charge in [0.15, 0.2) is 0 Å². The maximum absolute atomic E-state index is 5.99. The lowest BCUT2D eigenvalue weighted by molar-refractivity contribution is -0.0362. The van der Waals surface area contributed by atoms with Crippen molar-refractivity contribution in [2.24, 2.45) is 0 Å². The summed E-state index contributed by atoms with van der Waals surface area (Å²) in [6, 6.07) is 0.656. The predicted octanol–water partition coefficient (Wildman–Crippen LogP) is 2.73. The predicted molar refractivity (Wildman–Crippen MR) is 84.4 cm³/mol. The number of nitrogens with zero attached hydrogens (tertiary/aromatic N) is 3. The number of hydrogen-bond donors (Lipinski definition) is 1. The van der Waals surface area contributed by atoms with Gasteiger partial charge in [-0.2, -0.15) is 5.10 Å². The van der Waals surface area contributed by atoms with E-state index in [1.54, 1.807) is 6.33 Å². The highest BCUT2D eigenvalue weighted by molar-refractivity contribution is 5.03. The Morgan fingerprint density at radius 2 is 2.10 bits per heavy atom. The van der Waals surface area contributed by atoms with Gasteiger partial charge in [-0.1, -0.05) is 19.8 Å². The van der Waals surface area contributed by atoms with E-state index in [1.165, 1.54) is 12.8 Å². The van der Waals surface area contributed by atoms with Crippen LogP contribution in [0.2, 0.25) is 0 Å². The second-order valence-corrected chi connectivity index (χ2v) is 6.40. The number of aromatic nitrogens is 3. The third-order valence-corrected chi connectivity index (χ3v) is 4.66. The van der Waals surface area contributed by atoms with Gasteiger partial charge in [0.05, 0.1) is 5.60 Å². The van der Waals surface area contributed by atoms with Crippen LogP contribution in [0.3, 0.4) is 0 Å². The number of ether oxygens (including phenoxy) is 1. The maximum atomic E-state index is 5.99. The molecule has 1 unspecified atom stereocenters. The Kier molecular flexibility index (Phi) is 5.76. The monoisotopic (exact) mass is 294 g/mol. The Labute approximate surface area is 128 Å². The molecule has 0 spiro atoms. The van der Waals surface area contributed by atoms with Crippen LogP contribution in [0.4, 0.5) is 0 Å². The van der Waals surface area contributed by atoms with Gasteiger partial charge in [-0.05, 0) is 39.7 Å². The van der Waals surface area contributed by atoms with Gasteiger partial charge in [0.25, 0.3) is 0 Å². The van der Waals surface area contributed by atoms with E-state index >= 15 is 0 Å². The molecule has 21 heavy (non-hydrogen) atoms. The molecule has 1 aliphatic rings. The minimum absolute atomic E-state index is 0.0388. The Morgan fingerprint density at radius 1 is 1.38 bits per heavy atom. The van der Waals surface area contributed by atoms with Crippen molar-refractivity contribution in [2.75, 3.05) is 13.7 Å².